The lowest BCUT2D eigenvalue weighted by Gasteiger charge is -2.23. The smallest absolute Gasteiger partial charge is 0.406 e. The van der Waals surface area contributed by atoms with Crippen LogP contribution in [0.25, 0.3) is 10.9 Å². The van der Waals surface area contributed by atoms with Gasteiger partial charge in [0.25, 0.3) is 0 Å². The summed E-state index contributed by atoms with van der Waals surface area (Å²) in [5, 5.41) is 15.3. The monoisotopic (exact) mass is 445 g/mol. The zero-order valence-electron chi connectivity index (χ0n) is 17.8. The number of pyridine rings is 1. The number of alkyl halides is 3. The molecular weight excluding hydrogens is 419 g/mol. The molecule has 1 unspecified atom stereocenters. The number of halogens is 3. The fraction of sp³-hybridized carbons (Fsp3) is 0.375. The first-order valence-corrected chi connectivity index (χ1v) is 10.7. The summed E-state index contributed by atoms with van der Waals surface area (Å²) in [5.74, 6) is 0.567. The Hall–Kier alpha value is -2.84. The van der Waals surface area contributed by atoms with Gasteiger partial charge in [-0.2, -0.15) is 0 Å². The number of nitrogens with one attached hydrogen (secondary N) is 1. The summed E-state index contributed by atoms with van der Waals surface area (Å²) in [5.41, 5.74) is 2.94. The second kappa shape index (κ2) is 9.34. The zero-order valence-corrected chi connectivity index (χ0v) is 17.8. The van der Waals surface area contributed by atoms with Crippen molar-refractivity contribution in [1.29, 1.82) is 0 Å². The van der Waals surface area contributed by atoms with Gasteiger partial charge in [0, 0.05) is 30.9 Å². The van der Waals surface area contributed by atoms with Gasteiger partial charge in [0.1, 0.15) is 17.8 Å². The molecule has 4 rings (SSSR count). The molecule has 1 saturated heterocycles. The molecule has 0 aliphatic carbocycles. The normalized spacial score (nSPS) is 18.1. The lowest BCUT2D eigenvalue weighted by molar-refractivity contribution is -0.274. The van der Waals surface area contributed by atoms with Gasteiger partial charge in [-0.15, -0.1) is 13.2 Å². The predicted octanol–water partition coefficient (Wildman–Crippen LogP) is 4.74. The van der Waals surface area contributed by atoms with Crippen LogP contribution in [-0.2, 0) is 12.8 Å². The van der Waals surface area contributed by atoms with Crippen LogP contribution in [0, 0.1) is 0 Å². The highest BCUT2D eigenvalue weighted by atomic mass is 19.4. The number of hydrogen-bond acceptors (Lipinski definition) is 5. The van der Waals surface area contributed by atoms with Gasteiger partial charge in [0.2, 0.25) is 0 Å². The molecular formula is C24H26F3N3O2. The highest BCUT2D eigenvalue weighted by Gasteiger charge is 2.31. The van der Waals surface area contributed by atoms with E-state index < -0.39 is 12.6 Å². The van der Waals surface area contributed by atoms with Gasteiger partial charge in [-0.1, -0.05) is 37.3 Å². The Morgan fingerprint density at radius 2 is 1.94 bits per heavy atom. The van der Waals surface area contributed by atoms with E-state index in [1.54, 1.807) is 12.1 Å². The van der Waals surface area contributed by atoms with E-state index in [2.05, 4.69) is 29.1 Å². The Bertz CT molecular complexity index is 1060. The van der Waals surface area contributed by atoms with Gasteiger partial charge in [-0.05, 0) is 48.2 Å². The molecule has 32 heavy (non-hydrogen) atoms. The van der Waals surface area contributed by atoms with Crippen LogP contribution in [0.2, 0.25) is 0 Å². The molecule has 1 aliphatic rings. The van der Waals surface area contributed by atoms with Crippen molar-refractivity contribution in [2.45, 2.75) is 44.8 Å². The van der Waals surface area contributed by atoms with Crippen molar-refractivity contribution in [2.24, 2.45) is 0 Å². The van der Waals surface area contributed by atoms with Crippen molar-refractivity contribution in [1.82, 2.24) is 9.88 Å². The minimum absolute atomic E-state index is 0.158. The van der Waals surface area contributed by atoms with E-state index in [1.165, 1.54) is 17.7 Å². The number of ether oxygens (including phenoxy) is 1. The number of aromatic nitrogens is 1. The van der Waals surface area contributed by atoms with Gasteiger partial charge >= 0.3 is 6.36 Å². The number of aliphatic hydroxyl groups excluding tert-OH is 1. The summed E-state index contributed by atoms with van der Waals surface area (Å²) < 4.78 is 40.8. The second-order valence-corrected chi connectivity index (χ2v) is 8.04. The molecule has 0 amide bonds. The molecule has 1 aromatic heterocycles. The van der Waals surface area contributed by atoms with Gasteiger partial charge in [-0.25, -0.2) is 4.98 Å². The van der Waals surface area contributed by atoms with E-state index in [0.717, 1.165) is 41.7 Å². The van der Waals surface area contributed by atoms with Crippen molar-refractivity contribution in [3.8, 4) is 5.75 Å². The number of hydrogen-bond donors (Lipinski definition) is 2. The first kappa shape index (κ1) is 22.4. The van der Waals surface area contributed by atoms with Crippen molar-refractivity contribution in [3.05, 3.63) is 65.7 Å². The molecule has 8 heteroatoms. The van der Waals surface area contributed by atoms with Crippen LogP contribution >= 0.6 is 0 Å². The Kier molecular flexibility index (Phi) is 6.53. The molecule has 0 radical (unpaired) electrons. The molecule has 1 fully saturated rings. The van der Waals surface area contributed by atoms with E-state index in [1.807, 2.05) is 23.1 Å². The Morgan fingerprint density at radius 3 is 2.66 bits per heavy atom. The molecule has 170 valence electrons. The number of anilines is 1. The van der Waals surface area contributed by atoms with Crippen LogP contribution in [0.1, 0.15) is 24.5 Å². The largest absolute Gasteiger partial charge is 0.573 e. The summed E-state index contributed by atoms with van der Waals surface area (Å²) in [6.07, 6.45) is -3.32. The van der Waals surface area contributed by atoms with Gasteiger partial charge in [0.15, 0.2) is 0 Å². The third kappa shape index (κ3) is 5.49. The number of rotatable bonds is 7. The molecule has 0 saturated carbocycles. The maximum absolute atomic E-state index is 12.3. The van der Waals surface area contributed by atoms with Crippen molar-refractivity contribution < 1.29 is 23.0 Å². The molecule has 2 heterocycles. The van der Waals surface area contributed by atoms with E-state index in [4.69, 9.17) is 4.98 Å². The van der Waals surface area contributed by atoms with Crippen LogP contribution in [0.4, 0.5) is 19.0 Å². The summed E-state index contributed by atoms with van der Waals surface area (Å²) in [4.78, 5) is 6.71. The maximum Gasteiger partial charge on any atom is 0.573 e. The van der Waals surface area contributed by atoms with Crippen LogP contribution in [-0.4, -0.2) is 46.7 Å². The minimum Gasteiger partial charge on any atom is -0.406 e. The average molecular weight is 445 g/mol. The summed E-state index contributed by atoms with van der Waals surface area (Å²) in [7, 11) is 0. The van der Waals surface area contributed by atoms with E-state index in [-0.39, 0.29) is 11.8 Å². The zero-order chi connectivity index (χ0) is 22.7. The molecule has 2 atom stereocenters. The van der Waals surface area contributed by atoms with Crippen LogP contribution in [0.5, 0.6) is 5.75 Å². The van der Waals surface area contributed by atoms with E-state index in [9.17, 15) is 18.3 Å². The van der Waals surface area contributed by atoms with Gasteiger partial charge in [-0.3, -0.25) is 4.90 Å². The van der Waals surface area contributed by atoms with Gasteiger partial charge in [0.05, 0.1) is 5.52 Å². The molecule has 2 N–H and O–H groups in total. The van der Waals surface area contributed by atoms with Crippen LogP contribution in [0.15, 0.2) is 54.6 Å². The number of aliphatic hydroxyl groups is 1. The van der Waals surface area contributed by atoms with E-state index >= 15 is 0 Å². The third-order valence-electron chi connectivity index (χ3n) is 5.75. The Labute approximate surface area is 184 Å². The Balaban J connectivity index is 1.35. The number of nitrogens with zero attached hydrogens (tertiary/aromatic N) is 2. The second-order valence-electron chi connectivity index (χ2n) is 8.04. The highest BCUT2D eigenvalue weighted by Crippen LogP contribution is 2.25. The summed E-state index contributed by atoms with van der Waals surface area (Å²) in [6, 6.07) is 16.0. The average Bonchev–Trinajstić information content (AvgIpc) is 3.22. The first-order valence-electron chi connectivity index (χ1n) is 10.7. The molecule has 0 spiro atoms. The molecule has 2 aromatic carbocycles. The quantitative estimate of drug-likeness (QED) is 0.550. The van der Waals surface area contributed by atoms with Gasteiger partial charge < -0.3 is 15.2 Å². The summed E-state index contributed by atoms with van der Waals surface area (Å²) in [6.45, 7) is 3.51. The predicted molar refractivity (Wildman–Crippen MR) is 118 cm³/mol. The lowest BCUT2D eigenvalue weighted by atomic mass is 10.1. The summed E-state index contributed by atoms with van der Waals surface area (Å²) >= 11 is 0. The van der Waals surface area contributed by atoms with Crippen molar-refractivity contribution >= 4 is 16.7 Å². The standard InChI is InChI=1S/C24H26F3N3O2/c1-2-17-14-22(29-21-6-4-3-5-20(17)21)28-18-11-12-30(15-18)23(31)13-16-7-9-19(10-8-16)32-24(25,26)27/h3-10,14,18,23,31H,2,11-13,15H2,1H3,(H,28,29)/t18-,23?/m0/s1. The topological polar surface area (TPSA) is 57.6 Å². The minimum atomic E-state index is -4.71. The molecule has 0 bridgehead atoms. The molecule has 5 nitrogen and oxygen atoms in total. The van der Waals surface area contributed by atoms with Crippen LogP contribution in [0.3, 0.4) is 0 Å². The Morgan fingerprint density at radius 1 is 1.19 bits per heavy atom. The highest BCUT2D eigenvalue weighted by molar-refractivity contribution is 5.84. The number of para-hydroxylation sites is 1. The fourth-order valence-electron chi connectivity index (χ4n) is 4.17. The fourth-order valence-corrected chi connectivity index (χ4v) is 4.17. The number of likely N-dealkylation sites (tertiary alicyclic amines) is 1. The number of fused-ring (bicyclic) bond motifs is 1. The van der Waals surface area contributed by atoms with Crippen molar-refractivity contribution in [2.75, 3.05) is 18.4 Å². The van der Waals surface area contributed by atoms with E-state index in [0.29, 0.717) is 13.0 Å². The maximum atomic E-state index is 12.3. The number of benzene rings is 2. The third-order valence-corrected chi connectivity index (χ3v) is 5.75. The SMILES string of the molecule is CCc1cc(N[C@H]2CCN(C(O)Cc3ccc(OC(F)(F)F)cc3)C2)nc2ccccc12. The molecule has 1 aliphatic heterocycles. The van der Waals surface area contributed by atoms with Crippen molar-refractivity contribution in [3.63, 3.8) is 0 Å². The molecule has 3 aromatic rings. The number of aryl methyl sites for hydroxylation is 1. The lowest BCUT2D eigenvalue weighted by Crippen LogP contribution is -2.36. The first-order chi connectivity index (χ1) is 15.3. The van der Waals surface area contributed by atoms with Crippen LogP contribution < -0.4 is 10.1 Å².